The van der Waals surface area contributed by atoms with Crippen molar-refractivity contribution in [3.8, 4) is 0 Å². The molecule has 2 amide bonds. The summed E-state index contributed by atoms with van der Waals surface area (Å²) >= 11 is 5.00. The molecule has 0 saturated carbocycles. The number of thiocarbonyl (C=S) groups is 1. The minimum Gasteiger partial charge on any atom is -0.362 e. The Bertz CT molecular complexity index is 799. The molecule has 1 aromatic heterocycles. The zero-order valence-corrected chi connectivity index (χ0v) is 12.0. The van der Waals surface area contributed by atoms with Gasteiger partial charge in [-0.15, -0.1) is 0 Å². The van der Waals surface area contributed by atoms with Gasteiger partial charge < -0.3 is 4.98 Å². The number of benzene rings is 1. The number of halogens is 1. The second kappa shape index (κ2) is 5.53. The highest BCUT2D eigenvalue weighted by Crippen LogP contribution is 2.24. The van der Waals surface area contributed by atoms with Crippen molar-refractivity contribution in [3.63, 3.8) is 0 Å². The number of carbonyl (C=O) groups is 2. The molecule has 0 bridgehead atoms. The van der Waals surface area contributed by atoms with E-state index in [4.69, 9.17) is 12.2 Å². The second-order valence-electron chi connectivity index (χ2n) is 4.53. The number of hydrogen-bond donors (Lipinski definition) is 2. The lowest BCUT2D eigenvalue weighted by Gasteiger charge is -2.29. The van der Waals surface area contributed by atoms with E-state index in [0.717, 1.165) is 4.90 Å². The van der Waals surface area contributed by atoms with Crippen molar-refractivity contribution >= 4 is 40.9 Å². The van der Waals surface area contributed by atoms with Gasteiger partial charge in [0.1, 0.15) is 11.4 Å². The quantitative estimate of drug-likeness (QED) is 0.506. The summed E-state index contributed by atoms with van der Waals surface area (Å²) in [5.74, 6) is -1.89. The van der Waals surface area contributed by atoms with Gasteiger partial charge in [0.15, 0.2) is 5.11 Å². The number of para-hydroxylation sites is 1. The molecule has 1 aliphatic heterocycles. The lowest BCUT2D eigenvalue weighted by Crippen LogP contribution is -2.54. The molecule has 110 valence electrons. The lowest BCUT2D eigenvalue weighted by atomic mass is 10.1. The molecule has 3 rings (SSSR count). The Morgan fingerprint density at radius 1 is 1.14 bits per heavy atom. The van der Waals surface area contributed by atoms with E-state index in [1.165, 1.54) is 24.3 Å². The molecule has 2 N–H and O–H groups in total. The fraction of sp³-hybridized carbons (Fsp3) is 0. The topological polar surface area (TPSA) is 65.2 Å². The van der Waals surface area contributed by atoms with Crippen molar-refractivity contribution in [2.24, 2.45) is 0 Å². The number of nitrogens with one attached hydrogen (secondary N) is 2. The molecule has 5 nitrogen and oxygen atoms in total. The van der Waals surface area contributed by atoms with Crippen molar-refractivity contribution in [3.05, 3.63) is 59.7 Å². The Labute approximate surface area is 130 Å². The Hall–Kier alpha value is -2.80. The first-order chi connectivity index (χ1) is 10.6. The highest BCUT2D eigenvalue weighted by Gasteiger charge is 2.35. The molecule has 7 heteroatoms. The highest BCUT2D eigenvalue weighted by molar-refractivity contribution is 7.80. The lowest BCUT2D eigenvalue weighted by molar-refractivity contribution is -0.122. The van der Waals surface area contributed by atoms with Crippen molar-refractivity contribution in [2.75, 3.05) is 4.90 Å². The summed E-state index contributed by atoms with van der Waals surface area (Å²) in [7, 11) is 0. The zero-order chi connectivity index (χ0) is 15.7. The van der Waals surface area contributed by atoms with Gasteiger partial charge in [0.05, 0.1) is 5.69 Å². The van der Waals surface area contributed by atoms with Crippen molar-refractivity contribution in [1.29, 1.82) is 0 Å². The summed E-state index contributed by atoms with van der Waals surface area (Å²) in [6, 6.07) is 9.16. The van der Waals surface area contributed by atoms with Crippen LogP contribution >= 0.6 is 12.2 Å². The summed E-state index contributed by atoms with van der Waals surface area (Å²) in [5, 5.41) is 2.25. The number of hydrogen-bond acceptors (Lipinski definition) is 3. The van der Waals surface area contributed by atoms with Crippen molar-refractivity contribution in [2.45, 2.75) is 0 Å². The van der Waals surface area contributed by atoms with E-state index in [0.29, 0.717) is 5.69 Å². The van der Waals surface area contributed by atoms with Crippen LogP contribution in [-0.4, -0.2) is 21.9 Å². The molecule has 1 aliphatic rings. The molecular formula is C15H10FN3O2S. The van der Waals surface area contributed by atoms with Gasteiger partial charge in [-0.2, -0.15) is 0 Å². The van der Waals surface area contributed by atoms with Crippen LogP contribution in [0, 0.1) is 5.82 Å². The Kier molecular flexibility index (Phi) is 3.56. The van der Waals surface area contributed by atoms with Gasteiger partial charge in [-0.05, 0) is 42.6 Å². The minimum atomic E-state index is -0.673. The van der Waals surface area contributed by atoms with Crippen LogP contribution in [0.15, 0.2) is 48.2 Å². The maximum absolute atomic E-state index is 13.9. The Morgan fingerprint density at radius 2 is 1.91 bits per heavy atom. The third-order valence-corrected chi connectivity index (χ3v) is 3.40. The van der Waals surface area contributed by atoms with Gasteiger partial charge in [-0.25, -0.2) is 9.29 Å². The first-order valence-electron chi connectivity index (χ1n) is 6.37. The molecule has 0 aliphatic carbocycles. The molecule has 0 spiro atoms. The summed E-state index contributed by atoms with van der Waals surface area (Å²) < 4.78 is 13.9. The van der Waals surface area contributed by atoms with Crippen LogP contribution in [-0.2, 0) is 9.59 Å². The van der Waals surface area contributed by atoms with E-state index in [9.17, 15) is 14.0 Å². The van der Waals surface area contributed by atoms with Gasteiger partial charge in [0, 0.05) is 11.9 Å². The average Bonchev–Trinajstić information content (AvgIpc) is 2.98. The van der Waals surface area contributed by atoms with Gasteiger partial charge in [0.25, 0.3) is 11.8 Å². The molecular weight excluding hydrogens is 305 g/mol. The van der Waals surface area contributed by atoms with Gasteiger partial charge in [-0.1, -0.05) is 12.1 Å². The predicted molar refractivity (Wildman–Crippen MR) is 83.4 cm³/mol. The molecule has 22 heavy (non-hydrogen) atoms. The molecule has 0 atom stereocenters. The van der Waals surface area contributed by atoms with Crippen molar-refractivity contribution in [1.82, 2.24) is 10.3 Å². The fourth-order valence-corrected chi connectivity index (χ4v) is 2.37. The van der Waals surface area contributed by atoms with Gasteiger partial charge in [0.2, 0.25) is 0 Å². The van der Waals surface area contributed by atoms with Crippen LogP contribution in [0.25, 0.3) is 6.08 Å². The van der Waals surface area contributed by atoms with E-state index in [1.807, 2.05) is 0 Å². The molecule has 2 heterocycles. The average molecular weight is 315 g/mol. The molecule has 1 saturated heterocycles. The predicted octanol–water partition coefficient (Wildman–Crippen LogP) is 1.99. The molecule has 1 aromatic carbocycles. The van der Waals surface area contributed by atoms with Crippen LogP contribution < -0.4 is 10.2 Å². The third kappa shape index (κ3) is 2.42. The molecule has 0 radical (unpaired) electrons. The third-order valence-electron chi connectivity index (χ3n) is 3.12. The minimum absolute atomic E-state index is 0.00474. The number of aromatic nitrogens is 1. The fourth-order valence-electron chi connectivity index (χ4n) is 2.10. The first-order valence-corrected chi connectivity index (χ1v) is 6.78. The van der Waals surface area contributed by atoms with Gasteiger partial charge in [-0.3, -0.25) is 14.9 Å². The standard InChI is InChI=1S/C15H10FN3O2S/c16-11-5-1-2-6-12(11)19-14(21)10(13(20)18-15(19)22)8-9-4-3-7-17-9/h1-8,17H,(H,18,20,22). The SMILES string of the molecule is O=C1NC(=S)N(c2ccccc2F)C(=O)C1=Cc1ccc[nH]1. The monoisotopic (exact) mass is 315 g/mol. The van der Waals surface area contributed by atoms with Crippen LogP contribution in [0.3, 0.4) is 0 Å². The van der Waals surface area contributed by atoms with Crippen LogP contribution in [0.4, 0.5) is 10.1 Å². The first kappa shape index (κ1) is 14.2. The zero-order valence-electron chi connectivity index (χ0n) is 11.2. The largest absolute Gasteiger partial charge is 0.362 e. The molecule has 0 unspecified atom stereocenters. The number of carbonyl (C=O) groups excluding carboxylic acids is 2. The Balaban J connectivity index is 2.05. The van der Waals surface area contributed by atoms with E-state index >= 15 is 0 Å². The summed E-state index contributed by atoms with van der Waals surface area (Å²) in [6.45, 7) is 0. The number of aromatic amines is 1. The van der Waals surface area contributed by atoms with E-state index in [1.54, 1.807) is 24.4 Å². The molecule has 1 fully saturated rings. The number of rotatable bonds is 2. The number of amides is 2. The number of H-pyrrole nitrogens is 1. The highest BCUT2D eigenvalue weighted by atomic mass is 32.1. The Morgan fingerprint density at radius 3 is 2.59 bits per heavy atom. The van der Waals surface area contributed by atoms with E-state index in [2.05, 4.69) is 10.3 Å². The van der Waals surface area contributed by atoms with Crippen LogP contribution in [0.2, 0.25) is 0 Å². The summed E-state index contributed by atoms with van der Waals surface area (Å²) in [5.41, 5.74) is 0.453. The van der Waals surface area contributed by atoms with Gasteiger partial charge >= 0.3 is 0 Å². The van der Waals surface area contributed by atoms with Crippen LogP contribution in [0.5, 0.6) is 0 Å². The van der Waals surface area contributed by atoms with E-state index in [-0.39, 0.29) is 16.4 Å². The van der Waals surface area contributed by atoms with Crippen LogP contribution in [0.1, 0.15) is 5.69 Å². The second-order valence-corrected chi connectivity index (χ2v) is 4.92. The summed E-state index contributed by atoms with van der Waals surface area (Å²) in [6.07, 6.45) is 3.06. The number of nitrogens with zero attached hydrogens (tertiary/aromatic N) is 1. The molecule has 2 aromatic rings. The van der Waals surface area contributed by atoms with Crippen molar-refractivity contribution < 1.29 is 14.0 Å². The maximum atomic E-state index is 13.9. The normalized spacial score (nSPS) is 17.0. The summed E-state index contributed by atoms with van der Waals surface area (Å²) in [4.78, 5) is 28.4. The smallest absolute Gasteiger partial charge is 0.270 e. The van der Waals surface area contributed by atoms with E-state index < -0.39 is 17.6 Å². The maximum Gasteiger partial charge on any atom is 0.270 e. The number of anilines is 1.